The summed E-state index contributed by atoms with van der Waals surface area (Å²) in [5.74, 6) is -0.153. The van der Waals surface area contributed by atoms with E-state index in [1.807, 2.05) is 60.7 Å². The molecule has 0 aliphatic rings. The van der Waals surface area contributed by atoms with Gasteiger partial charge in [-0.1, -0.05) is 48.5 Å². The van der Waals surface area contributed by atoms with Gasteiger partial charge in [0.1, 0.15) is 6.33 Å². The van der Waals surface area contributed by atoms with Gasteiger partial charge in [0.05, 0.1) is 5.70 Å². The molecule has 0 aliphatic heterocycles. The molecule has 0 saturated heterocycles. The summed E-state index contributed by atoms with van der Waals surface area (Å²) in [6, 6.07) is 19.5. The summed E-state index contributed by atoms with van der Waals surface area (Å²) < 4.78 is 1.44. The first-order valence-electron chi connectivity index (χ1n) is 6.94. The van der Waals surface area contributed by atoms with E-state index in [0.29, 0.717) is 0 Å². The summed E-state index contributed by atoms with van der Waals surface area (Å²) in [5.41, 5.74) is 2.61. The number of allylic oxidation sites excluding steroid dienone is 1. The molecular weight excluding hydrogens is 274 g/mol. The molecule has 0 saturated carbocycles. The number of para-hydroxylation sites is 1. The van der Waals surface area contributed by atoms with Crippen molar-refractivity contribution in [1.82, 2.24) is 9.55 Å². The largest absolute Gasteiger partial charge is 0.355 e. The molecule has 1 N–H and O–H groups in total. The van der Waals surface area contributed by atoms with E-state index in [9.17, 15) is 4.79 Å². The second kappa shape index (κ2) is 6.54. The van der Waals surface area contributed by atoms with Crippen molar-refractivity contribution in [3.05, 3.63) is 91.0 Å². The molecule has 0 atom stereocenters. The van der Waals surface area contributed by atoms with Crippen LogP contribution in [-0.4, -0.2) is 15.5 Å². The van der Waals surface area contributed by atoms with E-state index in [1.54, 1.807) is 18.5 Å². The summed E-state index contributed by atoms with van der Waals surface area (Å²) in [6.45, 7) is 0. The maximum atomic E-state index is 12.3. The molecule has 3 aromatic rings. The maximum absolute atomic E-state index is 12.3. The second-order valence-corrected chi connectivity index (χ2v) is 4.72. The van der Waals surface area contributed by atoms with E-state index in [0.717, 1.165) is 16.9 Å². The number of rotatable bonds is 4. The molecule has 0 spiro atoms. The lowest BCUT2D eigenvalue weighted by molar-refractivity contribution is 0.0969. The van der Waals surface area contributed by atoms with Crippen LogP contribution in [0.15, 0.2) is 85.5 Å². The molecule has 1 heterocycles. The highest BCUT2D eigenvalue weighted by atomic mass is 16.1. The predicted octanol–water partition coefficient (Wildman–Crippen LogP) is 3.68. The first-order chi connectivity index (χ1) is 10.8. The summed E-state index contributed by atoms with van der Waals surface area (Å²) >= 11 is 0. The molecular formula is C18H15N3O. The Morgan fingerprint density at radius 3 is 2.32 bits per heavy atom. The van der Waals surface area contributed by atoms with Crippen molar-refractivity contribution in [3.8, 4) is 0 Å². The minimum atomic E-state index is -0.153. The van der Waals surface area contributed by atoms with Crippen LogP contribution in [0.1, 0.15) is 10.4 Å². The van der Waals surface area contributed by atoms with Crippen LogP contribution in [0.4, 0.5) is 5.69 Å². The lowest BCUT2D eigenvalue weighted by Crippen LogP contribution is -2.08. The topological polar surface area (TPSA) is 46.9 Å². The van der Waals surface area contributed by atoms with Crippen LogP contribution >= 0.6 is 0 Å². The zero-order valence-corrected chi connectivity index (χ0v) is 11.9. The van der Waals surface area contributed by atoms with Crippen molar-refractivity contribution in [2.45, 2.75) is 0 Å². The molecule has 4 heteroatoms. The van der Waals surface area contributed by atoms with Crippen LogP contribution in [0.25, 0.3) is 5.70 Å². The zero-order valence-electron chi connectivity index (χ0n) is 11.9. The number of hydrogen-bond acceptors (Lipinski definition) is 3. The molecule has 0 radical (unpaired) electrons. The normalized spacial score (nSPS) is 11.2. The Kier molecular flexibility index (Phi) is 4.11. The number of anilines is 1. The number of carbonyl (C=O) groups is 1. The molecule has 0 fully saturated rings. The average molecular weight is 289 g/mol. The number of imidazole rings is 1. The SMILES string of the molecule is O=C(/C=C(\Nc1ccccc1)c1ccccc1)n1ccnc1. The Morgan fingerprint density at radius 1 is 1.00 bits per heavy atom. The van der Waals surface area contributed by atoms with Gasteiger partial charge in [-0.2, -0.15) is 0 Å². The van der Waals surface area contributed by atoms with E-state index in [4.69, 9.17) is 0 Å². The van der Waals surface area contributed by atoms with Gasteiger partial charge in [-0.3, -0.25) is 9.36 Å². The summed E-state index contributed by atoms with van der Waals surface area (Å²) in [7, 11) is 0. The monoisotopic (exact) mass is 289 g/mol. The van der Waals surface area contributed by atoms with Crippen LogP contribution < -0.4 is 5.32 Å². The van der Waals surface area contributed by atoms with E-state index >= 15 is 0 Å². The molecule has 22 heavy (non-hydrogen) atoms. The van der Waals surface area contributed by atoms with Crippen molar-refractivity contribution >= 4 is 17.3 Å². The third kappa shape index (κ3) is 3.30. The Morgan fingerprint density at radius 2 is 1.68 bits per heavy atom. The van der Waals surface area contributed by atoms with Crippen molar-refractivity contribution in [1.29, 1.82) is 0 Å². The Hall–Kier alpha value is -3.14. The number of nitrogens with zero attached hydrogens (tertiary/aromatic N) is 2. The molecule has 3 rings (SSSR count). The third-order valence-electron chi connectivity index (χ3n) is 3.16. The second-order valence-electron chi connectivity index (χ2n) is 4.72. The number of benzene rings is 2. The Labute approximate surface area is 128 Å². The molecule has 4 nitrogen and oxygen atoms in total. The van der Waals surface area contributed by atoms with Crippen LogP contribution in [0.2, 0.25) is 0 Å². The minimum absolute atomic E-state index is 0.153. The van der Waals surface area contributed by atoms with Crippen LogP contribution in [0, 0.1) is 0 Å². The number of nitrogens with one attached hydrogen (secondary N) is 1. The quantitative estimate of drug-likeness (QED) is 0.745. The van der Waals surface area contributed by atoms with Gasteiger partial charge < -0.3 is 5.32 Å². The molecule has 1 aromatic heterocycles. The average Bonchev–Trinajstić information content (AvgIpc) is 3.11. The zero-order chi connectivity index (χ0) is 15.2. The lowest BCUT2D eigenvalue weighted by Gasteiger charge is -2.11. The van der Waals surface area contributed by atoms with Gasteiger partial charge in [-0.15, -0.1) is 0 Å². The molecule has 108 valence electrons. The first kappa shape index (κ1) is 13.8. The fourth-order valence-electron chi connectivity index (χ4n) is 2.07. The minimum Gasteiger partial charge on any atom is -0.355 e. The van der Waals surface area contributed by atoms with E-state index in [-0.39, 0.29) is 5.91 Å². The van der Waals surface area contributed by atoms with Crippen molar-refractivity contribution < 1.29 is 4.79 Å². The number of hydrogen-bond donors (Lipinski definition) is 1. The van der Waals surface area contributed by atoms with Gasteiger partial charge in [0, 0.05) is 24.2 Å². The standard InChI is InChI=1S/C18H15N3O/c22-18(21-12-11-19-14-21)13-17(15-7-3-1-4-8-15)20-16-9-5-2-6-10-16/h1-14,20H/b17-13-. The number of carbonyl (C=O) groups excluding carboxylic acids is 1. The van der Waals surface area contributed by atoms with Gasteiger partial charge in [-0.05, 0) is 17.7 Å². The first-order valence-corrected chi connectivity index (χ1v) is 6.94. The van der Waals surface area contributed by atoms with Crippen molar-refractivity contribution in [2.24, 2.45) is 0 Å². The highest BCUT2D eigenvalue weighted by Gasteiger charge is 2.06. The van der Waals surface area contributed by atoms with Crippen LogP contribution in [-0.2, 0) is 0 Å². The molecule has 0 bridgehead atoms. The van der Waals surface area contributed by atoms with Gasteiger partial charge in [0.15, 0.2) is 0 Å². The fourth-order valence-corrected chi connectivity index (χ4v) is 2.07. The third-order valence-corrected chi connectivity index (χ3v) is 3.16. The van der Waals surface area contributed by atoms with Gasteiger partial charge >= 0.3 is 0 Å². The highest BCUT2D eigenvalue weighted by molar-refractivity contribution is 5.98. The van der Waals surface area contributed by atoms with Crippen molar-refractivity contribution in [2.75, 3.05) is 5.32 Å². The lowest BCUT2D eigenvalue weighted by atomic mass is 10.1. The Bertz CT molecular complexity index is 763. The van der Waals surface area contributed by atoms with Crippen molar-refractivity contribution in [3.63, 3.8) is 0 Å². The summed E-state index contributed by atoms with van der Waals surface area (Å²) in [6.07, 6.45) is 6.27. The smallest absolute Gasteiger partial charge is 0.257 e. The van der Waals surface area contributed by atoms with Gasteiger partial charge in [0.25, 0.3) is 5.91 Å². The summed E-state index contributed by atoms with van der Waals surface area (Å²) in [4.78, 5) is 16.2. The van der Waals surface area contributed by atoms with Gasteiger partial charge in [-0.25, -0.2) is 4.98 Å². The van der Waals surface area contributed by atoms with Gasteiger partial charge in [0.2, 0.25) is 0 Å². The number of aromatic nitrogens is 2. The maximum Gasteiger partial charge on any atom is 0.257 e. The Balaban J connectivity index is 1.94. The molecule has 0 amide bonds. The van der Waals surface area contributed by atoms with Crippen LogP contribution in [0.3, 0.4) is 0 Å². The van der Waals surface area contributed by atoms with Crippen LogP contribution in [0.5, 0.6) is 0 Å². The molecule has 0 aliphatic carbocycles. The van der Waals surface area contributed by atoms with E-state index in [1.165, 1.54) is 10.9 Å². The predicted molar refractivity (Wildman–Crippen MR) is 87.3 cm³/mol. The van der Waals surface area contributed by atoms with E-state index < -0.39 is 0 Å². The highest BCUT2D eigenvalue weighted by Crippen LogP contribution is 2.18. The fraction of sp³-hybridized carbons (Fsp3) is 0. The molecule has 2 aromatic carbocycles. The van der Waals surface area contributed by atoms with E-state index in [2.05, 4.69) is 10.3 Å². The molecule has 0 unspecified atom stereocenters. The summed E-state index contributed by atoms with van der Waals surface area (Å²) in [5, 5.41) is 3.29.